The number of rotatable bonds is 5. The van der Waals surface area contributed by atoms with Crippen LogP contribution in [-0.2, 0) is 9.59 Å². The highest BCUT2D eigenvalue weighted by Crippen LogP contribution is 2.37. The van der Waals surface area contributed by atoms with Gasteiger partial charge in [-0.1, -0.05) is 62.4 Å². The Morgan fingerprint density at radius 2 is 1.84 bits per heavy atom. The fourth-order valence-electron chi connectivity index (χ4n) is 3.75. The number of amidine groups is 2. The SMILES string of the molecule is CCC(C)C1C(=O)N=C2c3ccccc3N=C(SC(C)C(=O)Nc3ccccc3C)N21. The van der Waals surface area contributed by atoms with Crippen molar-refractivity contribution in [1.29, 1.82) is 0 Å². The van der Waals surface area contributed by atoms with E-state index in [0.717, 1.165) is 28.9 Å². The van der Waals surface area contributed by atoms with Crippen molar-refractivity contribution in [3.05, 3.63) is 59.7 Å². The van der Waals surface area contributed by atoms with Crippen molar-refractivity contribution >= 4 is 46.0 Å². The minimum absolute atomic E-state index is 0.107. The third kappa shape index (κ3) is 4.02. The second kappa shape index (κ2) is 8.67. The van der Waals surface area contributed by atoms with Gasteiger partial charge in [-0.25, -0.2) is 4.99 Å². The van der Waals surface area contributed by atoms with Gasteiger partial charge in [0, 0.05) is 11.3 Å². The minimum Gasteiger partial charge on any atom is -0.325 e. The topological polar surface area (TPSA) is 74.1 Å². The lowest BCUT2D eigenvalue weighted by atomic mass is 9.97. The molecule has 7 heteroatoms. The Hall–Kier alpha value is -2.93. The first-order valence-corrected chi connectivity index (χ1v) is 11.4. The largest absolute Gasteiger partial charge is 0.325 e. The molecule has 2 aliphatic rings. The summed E-state index contributed by atoms with van der Waals surface area (Å²) >= 11 is 1.36. The molecule has 0 bridgehead atoms. The van der Waals surface area contributed by atoms with Gasteiger partial charge in [0.25, 0.3) is 5.91 Å². The number of hydrogen-bond donors (Lipinski definition) is 1. The summed E-state index contributed by atoms with van der Waals surface area (Å²) in [7, 11) is 0. The number of thioether (sulfide) groups is 1. The van der Waals surface area contributed by atoms with E-state index in [1.807, 2.05) is 67.3 Å². The zero-order valence-electron chi connectivity index (χ0n) is 18.1. The molecule has 2 aromatic carbocycles. The predicted molar refractivity (Wildman–Crippen MR) is 127 cm³/mol. The number of aryl methyl sites for hydroxylation is 1. The van der Waals surface area contributed by atoms with Crippen LogP contribution in [0.4, 0.5) is 11.4 Å². The van der Waals surface area contributed by atoms with Gasteiger partial charge < -0.3 is 5.32 Å². The lowest BCUT2D eigenvalue weighted by Gasteiger charge is -2.34. The smallest absolute Gasteiger partial charge is 0.271 e. The molecule has 2 aromatic rings. The highest BCUT2D eigenvalue weighted by Gasteiger charge is 2.44. The number of hydrogen-bond acceptors (Lipinski definition) is 5. The van der Waals surface area contributed by atoms with Crippen LogP contribution in [0, 0.1) is 12.8 Å². The minimum atomic E-state index is -0.404. The molecule has 2 heterocycles. The van der Waals surface area contributed by atoms with Gasteiger partial charge in [0.1, 0.15) is 11.9 Å². The summed E-state index contributed by atoms with van der Waals surface area (Å²) in [5, 5.41) is 3.24. The van der Waals surface area contributed by atoms with Gasteiger partial charge in [-0.05, 0) is 43.5 Å². The van der Waals surface area contributed by atoms with Gasteiger partial charge in [-0.3, -0.25) is 14.5 Å². The first kappa shape index (κ1) is 21.3. The normalized spacial score (nSPS) is 19.2. The summed E-state index contributed by atoms with van der Waals surface area (Å²) in [4.78, 5) is 36.9. The molecule has 0 aromatic heterocycles. The van der Waals surface area contributed by atoms with E-state index in [1.165, 1.54) is 11.8 Å². The van der Waals surface area contributed by atoms with Crippen LogP contribution in [0.3, 0.4) is 0 Å². The molecule has 4 rings (SSSR count). The fourth-order valence-corrected chi connectivity index (χ4v) is 4.69. The zero-order valence-corrected chi connectivity index (χ0v) is 18.9. The molecule has 0 saturated carbocycles. The molecule has 0 radical (unpaired) electrons. The molecule has 3 unspecified atom stereocenters. The molecule has 31 heavy (non-hydrogen) atoms. The highest BCUT2D eigenvalue weighted by atomic mass is 32.2. The van der Waals surface area contributed by atoms with Crippen molar-refractivity contribution in [1.82, 2.24) is 4.90 Å². The Labute approximate surface area is 186 Å². The number of carbonyl (C=O) groups excluding carboxylic acids is 2. The number of fused-ring (bicyclic) bond motifs is 3. The van der Waals surface area contributed by atoms with Crippen LogP contribution in [0.25, 0.3) is 0 Å². The quantitative estimate of drug-likeness (QED) is 0.736. The predicted octanol–water partition coefficient (Wildman–Crippen LogP) is 4.76. The summed E-state index contributed by atoms with van der Waals surface area (Å²) < 4.78 is 0. The van der Waals surface area contributed by atoms with Crippen LogP contribution in [0.15, 0.2) is 58.5 Å². The molecule has 2 aliphatic heterocycles. The average molecular weight is 435 g/mol. The highest BCUT2D eigenvalue weighted by molar-refractivity contribution is 8.14. The maximum atomic E-state index is 12.9. The van der Waals surface area contributed by atoms with E-state index in [1.54, 1.807) is 0 Å². The van der Waals surface area contributed by atoms with E-state index in [4.69, 9.17) is 4.99 Å². The number of aliphatic imine (C=N–C) groups is 2. The average Bonchev–Trinajstić information content (AvgIpc) is 3.12. The van der Waals surface area contributed by atoms with Crippen LogP contribution in [0.5, 0.6) is 0 Å². The van der Waals surface area contributed by atoms with Gasteiger partial charge >= 0.3 is 0 Å². The molecular weight excluding hydrogens is 408 g/mol. The van der Waals surface area contributed by atoms with Crippen molar-refractivity contribution in [3.63, 3.8) is 0 Å². The Bertz CT molecular complexity index is 1090. The monoisotopic (exact) mass is 434 g/mol. The number of amides is 2. The van der Waals surface area contributed by atoms with E-state index in [2.05, 4.69) is 24.2 Å². The van der Waals surface area contributed by atoms with Crippen molar-refractivity contribution in [2.45, 2.75) is 45.4 Å². The summed E-state index contributed by atoms with van der Waals surface area (Å²) in [5.74, 6) is 0.493. The Kier molecular flexibility index (Phi) is 5.96. The molecule has 3 atom stereocenters. The third-order valence-electron chi connectivity index (χ3n) is 5.78. The molecule has 0 fully saturated rings. The number of benzene rings is 2. The van der Waals surface area contributed by atoms with Gasteiger partial charge in [0.15, 0.2) is 5.17 Å². The molecule has 1 N–H and O–H groups in total. The first-order valence-electron chi connectivity index (χ1n) is 10.5. The second-order valence-corrected chi connectivity index (χ2v) is 9.26. The Balaban J connectivity index is 1.63. The summed E-state index contributed by atoms with van der Waals surface area (Å²) in [5.41, 5.74) is 3.42. The van der Waals surface area contributed by atoms with Crippen molar-refractivity contribution in [3.8, 4) is 0 Å². The van der Waals surface area contributed by atoms with Crippen LogP contribution in [0.2, 0.25) is 0 Å². The molecule has 6 nitrogen and oxygen atoms in total. The van der Waals surface area contributed by atoms with Crippen LogP contribution < -0.4 is 5.32 Å². The number of nitrogens with zero attached hydrogens (tertiary/aromatic N) is 3. The molecule has 0 spiro atoms. The van der Waals surface area contributed by atoms with E-state index >= 15 is 0 Å². The molecule has 2 amide bonds. The van der Waals surface area contributed by atoms with Gasteiger partial charge in [0.05, 0.1) is 10.9 Å². The standard InChI is InChI=1S/C24H26N4O2S/c1-5-14(2)20-23(30)27-21-17-11-7-9-13-19(17)26-24(28(20)21)31-16(4)22(29)25-18-12-8-6-10-15(18)3/h6-14,16,20H,5H2,1-4H3,(H,25,29). The van der Waals surface area contributed by atoms with Gasteiger partial charge in [0.2, 0.25) is 5.91 Å². The number of nitrogens with one attached hydrogen (secondary N) is 1. The van der Waals surface area contributed by atoms with Crippen molar-refractivity contribution < 1.29 is 9.59 Å². The van der Waals surface area contributed by atoms with E-state index in [9.17, 15) is 9.59 Å². The maximum absolute atomic E-state index is 12.9. The van der Waals surface area contributed by atoms with E-state index in [-0.39, 0.29) is 17.7 Å². The van der Waals surface area contributed by atoms with Crippen molar-refractivity contribution in [2.75, 3.05) is 5.32 Å². The van der Waals surface area contributed by atoms with E-state index < -0.39 is 11.3 Å². The first-order chi connectivity index (χ1) is 14.9. The van der Waals surface area contributed by atoms with Gasteiger partial charge in [-0.15, -0.1) is 0 Å². The molecule has 0 saturated heterocycles. The van der Waals surface area contributed by atoms with Crippen molar-refractivity contribution in [2.24, 2.45) is 15.9 Å². The Morgan fingerprint density at radius 1 is 1.13 bits per heavy atom. The van der Waals surface area contributed by atoms with Crippen LogP contribution in [0.1, 0.15) is 38.3 Å². The van der Waals surface area contributed by atoms with Crippen LogP contribution >= 0.6 is 11.8 Å². The molecule has 0 aliphatic carbocycles. The second-order valence-electron chi connectivity index (χ2n) is 7.95. The zero-order chi connectivity index (χ0) is 22.1. The number of anilines is 1. The summed E-state index contributed by atoms with van der Waals surface area (Å²) in [6.07, 6.45) is 0.846. The Morgan fingerprint density at radius 3 is 2.58 bits per heavy atom. The number of para-hydroxylation sites is 2. The summed E-state index contributed by atoms with van der Waals surface area (Å²) in [6.45, 7) is 7.94. The molecule has 160 valence electrons. The third-order valence-corrected chi connectivity index (χ3v) is 6.85. The lowest BCUT2D eigenvalue weighted by Crippen LogP contribution is -2.47. The lowest BCUT2D eigenvalue weighted by molar-refractivity contribution is -0.120. The van der Waals surface area contributed by atoms with E-state index in [0.29, 0.717) is 11.0 Å². The fraction of sp³-hybridized carbons (Fsp3) is 0.333. The molecular formula is C24H26N4O2S. The summed E-state index contributed by atoms with van der Waals surface area (Å²) in [6, 6.07) is 15.0. The van der Waals surface area contributed by atoms with Crippen LogP contribution in [-0.4, -0.2) is 39.0 Å². The maximum Gasteiger partial charge on any atom is 0.271 e. The number of carbonyl (C=O) groups is 2. The van der Waals surface area contributed by atoms with Gasteiger partial charge in [-0.2, -0.15) is 4.99 Å².